The first-order valence-corrected chi connectivity index (χ1v) is 7.15. The number of hydrogen-bond acceptors (Lipinski definition) is 4. The Balaban J connectivity index is 2.44. The molecule has 2 rings (SSSR count). The van der Waals surface area contributed by atoms with Gasteiger partial charge in [-0.3, -0.25) is 5.41 Å². The highest BCUT2D eigenvalue weighted by Gasteiger charge is 2.11. The van der Waals surface area contributed by atoms with Gasteiger partial charge in [-0.25, -0.2) is 9.97 Å². The van der Waals surface area contributed by atoms with Crippen molar-refractivity contribution in [2.24, 2.45) is 5.73 Å². The van der Waals surface area contributed by atoms with Crippen molar-refractivity contribution in [2.45, 2.75) is 37.7 Å². The van der Waals surface area contributed by atoms with Gasteiger partial charge in [0.1, 0.15) is 5.84 Å². The minimum Gasteiger partial charge on any atom is -0.384 e. The van der Waals surface area contributed by atoms with Crippen LogP contribution in [0.5, 0.6) is 0 Å². The number of nitrogens with two attached hydrogens (primary N) is 1. The monoisotopic (exact) mass is 286 g/mol. The van der Waals surface area contributed by atoms with Crippen molar-refractivity contribution in [1.82, 2.24) is 9.97 Å². The number of benzene rings is 1. The average Bonchev–Trinajstić information content (AvgIpc) is 2.35. The molecule has 0 atom stereocenters. The predicted octanol–water partition coefficient (Wildman–Crippen LogP) is 3.15. The Morgan fingerprint density at radius 2 is 1.70 bits per heavy atom. The fourth-order valence-corrected chi connectivity index (χ4v) is 2.92. The highest BCUT2D eigenvalue weighted by Crippen LogP contribution is 2.29. The minimum absolute atomic E-state index is 0.0630. The van der Waals surface area contributed by atoms with Crippen LogP contribution in [0.15, 0.2) is 28.3 Å². The summed E-state index contributed by atoms with van der Waals surface area (Å²) in [6.45, 7) is 8.00. The minimum atomic E-state index is 0.0630. The average molecular weight is 286 g/mol. The van der Waals surface area contributed by atoms with Crippen LogP contribution in [0.1, 0.15) is 28.1 Å². The first-order chi connectivity index (χ1) is 9.38. The van der Waals surface area contributed by atoms with E-state index in [1.54, 1.807) is 0 Å². The molecule has 0 saturated heterocycles. The summed E-state index contributed by atoms with van der Waals surface area (Å²) < 4.78 is 0. The van der Waals surface area contributed by atoms with Gasteiger partial charge in [0.25, 0.3) is 0 Å². The molecule has 0 aliphatic heterocycles. The van der Waals surface area contributed by atoms with Gasteiger partial charge in [0, 0.05) is 21.8 Å². The summed E-state index contributed by atoms with van der Waals surface area (Å²) in [5, 5.41) is 8.35. The number of nitrogen functional groups attached to an aromatic ring is 1. The number of aromatic nitrogens is 2. The number of aryl methyl sites for hydroxylation is 3. The van der Waals surface area contributed by atoms with Crippen LogP contribution in [0, 0.1) is 33.1 Å². The van der Waals surface area contributed by atoms with E-state index in [2.05, 4.69) is 9.97 Å². The zero-order valence-electron chi connectivity index (χ0n) is 12.1. The van der Waals surface area contributed by atoms with E-state index >= 15 is 0 Å². The predicted molar refractivity (Wildman–Crippen MR) is 82.6 cm³/mol. The van der Waals surface area contributed by atoms with Crippen LogP contribution >= 0.6 is 11.8 Å². The number of hydrogen-bond donors (Lipinski definition) is 2. The summed E-state index contributed by atoms with van der Waals surface area (Å²) in [7, 11) is 0. The van der Waals surface area contributed by atoms with Crippen LogP contribution in [-0.4, -0.2) is 15.8 Å². The van der Waals surface area contributed by atoms with E-state index in [9.17, 15) is 0 Å². The maximum absolute atomic E-state index is 7.65. The third-order valence-electron chi connectivity index (χ3n) is 3.24. The Hall–Kier alpha value is -1.88. The third kappa shape index (κ3) is 2.99. The molecule has 0 bridgehead atoms. The van der Waals surface area contributed by atoms with Crippen molar-refractivity contribution in [3.63, 3.8) is 0 Å². The maximum atomic E-state index is 7.65. The molecule has 5 heteroatoms. The van der Waals surface area contributed by atoms with E-state index in [0.717, 1.165) is 33.0 Å². The number of rotatable bonds is 3. The molecule has 1 heterocycles. The van der Waals surface area contributed by atoms with Gasteiger partial charge < -0.3 is 5.73 Å². The Bertz CT molecular complexity index is 657. The molecule has 20 heavy (non-hydrogen) atoms. The van der Waals surface area contributed by atoms with E-state index in [1.807, 2.05) is 45.9 Å². The summed E-state index contributed by atoms with van der Waals surface area (Å²) in [5.41, 5.74) is 10.6. The molecular weight excluding hydrogens is 268 g/mol. The Labute approximate surface area is 123 Å². The van der Waals surface area contributed by atoms with E-state index in [-0.39, 0.29) is 5.84 Å². The summed E-state index contributed by atoms with van der Waals surface area (Å²) >= 11 is 1.45. The number of nitrogens with zero attached hydrogens (tertiary/aromatic N) is 2. The first-order valence-electron chi connectivity index (χ1n) is 6.33. The summed E-state index contributed by atoms with van der Waals surface area (Å²) in [6.07, 6.45) is 0. The van der Waals surface area contributed by atoms with Crippen LogP contribution in [0.2, 0.25) is 0 Å². The highest BCUT2D eigenvalue weighted by atomic mass is 32.2. The van der Waals surface area contributed by atoms with Crippen LogP contribution in [0.3, 0.4) is 0 Å². The van der Waals surface area contributed by atoms with Gasteiger partial charge in [-0.05, 0) is 62.7 Å². The zero-order valence-corrected chi connectivity index (χ0v) is 12.9. The lowest BCUT2D eigenvalue weighted by molar-refractivity contribution is 0.881. The summed E-state index contributed by atoms with van der Waals surface area (Å²) in [5.74, 6) is 0.0630. The number of amidine groups is 1. The summed E-state index contributed by atoms with van der Waals surface area (Å²) in [6, 6.07) is 5.83. The SMILES string of the molecule is Cc1ccc(C(=N)N)c(Sc2nc(C)c(C)c(C)n2)c1. The lowest BCUT2D eigenvalue weighted by Crippen LogP contribution is -2.12. The van der Waals surface area contributed by atoms with Crippen LogP contribution in [0.4, 0.5) is 0 Å². The van der Waals surface area contributed by atoms with Crippen LogP contribution in [-0.2, 0) is 0 Å². The van der Waals surface area contributed by atoms with Crippen molar-refractivity contribution in [1.29, 1.82) is 5.41 Å². The maximum Gasteiger partial charge on any atom is 0.192 e. The second-order valence-electron chi connectivity index (χ2n) is 4.82. The van der Waals surface area contributed by atoms with Crippen molar-refractivity contribution in [3.8, 4) is 0 Å². The van der Waals surface area contributed by atoms with Gasteiger partial charge in [-0.2, -0.15) is 0 Å². The van der Waals surface area contributed by atoms with Crippen molar-refractivity contribution >= 4 is 17.6 Å². The molecule has 3 N–H and O–H groups in total. The molecular formula is C15H18N4S. The van der Waals surface area contributed by atoms with Crippen molar-refractivity contribution < 1.29 is 0 Å². The van der Waals surface area contributed by atoms with Gasteiger partial charge in [0.05, 0.1) is 0 Å². The van der Waals surface area contributed by atoms with Gasteiger partial charge in [0.15, 0.2) is 5.16 Å². The zero-order chi connectivity index (χ0) is 14.9. The first kappa shape index (κ1) is 14.5. The van der Waals surface area contributed by atoms with E-state index < -0.39 is 0 Å². The molecule has 1 aromatic carbocycles. The molecule has 0 radical (unpaired) electrons. The summed E-state index contributed by atoms with van der Waals surface area (Å²) in [4.78, 5) is 9.92. The molecule has 2 aromatic rings. The molecule has 4 nitrogen and oxygen atoms in total. The third-order valence-corrected chi connectivity index (χ3v) is 4.16. The second-order valence-corrected chi connectivity index (χ2v) is 5.83. The van der Waals surface area contributed by atoms with E-state index in [1.165, 1.54) is 11.8 Å². The standard InChI is InChI=1S/C15H18N4S/c1-8-5-6-12(14(16)17)13(7-8)20-15-18-10(3)9(2)11(4)19-15/h5-7H,1-4H3,(H3,16,17). The molecule has 0 aliphatic rings. The van der Waals surface area contributed by atoms with Gasteiger partial charge in [0.2, 0.25) is 0 Å². The molecule has 0 amide bonds. The lowest BCUT2D eigenvalue weighted by atomic mass is 10.1. The Morgan fingerprint density at radius 3 is 2.25 bits per heavy atom. The molecule has 1 aromatic heterocycles. The van der Waals surface area contributed by atoms with Crippen molar-refractivity contribution in [2.75, 3.05) is 0 Å². The normalized spacial score (nSPS) is 10.6. The fourth-order valence-electron chi connectivity index (χ4n) is 1.82. The quantitative estimate of drug-likeness (QED) is 0.516. The van der Waals surface area contributed by atoms with E-state index in [0.29, 0.717) is 5.16 Å². The molecule has 0 fully saturated rings. The van der Waals surface area contributed by atoms with E-state index in [4.69, 9.17) is 11.1 Å². The molecule has 0 unspecified atom stereocenters. The molecule has 0 aliphatic carbocycles. The van der Waals surface area contributed by atoms with Gasteiger partial charge >= 0.3 is 0 Å². The number of nitrogens with one attached hydrogen (secondary N) is 1. The lowest BCUT2D eigenvalue weighted by Gasteiger charge is -2.10. The highest BCUT2D eigenvalue weighted by molar-refractivity contribution is 7.99. The fraction of sp³-hybridized carbons (Fsp3) is 0.267. The van der Waals surface area contributed by atoms with Gasteiger partial charge in [-0.1, -0.05) is 6.07 Å². The van der Waals surface area contributed by atoms with Crippen LogP contribution in [0.25, 0.3) is 0 Å². The Kier molecular flexibility index (Phi) is 4.09. The van der Waals surface area contributed by atoms with Gasteiger partial charge in [-0.15, -0.1) is 0 Å². The van der Waals surface area contributed by atoms with Crippen molar-refractivity contribution in [3.05, 3.63) is 46.3 Å². The Morgan fingerprint density at radius 1 is 1.10 bits per heavy atom. The largest absolute Gasteiger partial charge is 0.384 e. The smallest absolute Gasteiger partial charge is 0.192 e. The molecule has 0 saturated carbocycles. The topological polar surface area (TPSA) is 75.7 Å². The van der Waals surface area contributed by atoms with Crippen LogP contribution < -0.4 is 5.73 Å². The molecule has 0 spiro atoms. The second kappa shape index (κ2) is 5.63. The molecule has 104 valence electrons.